The lowest BCUT2D eigenvalue weighted by molar-refractivity contribution is 0.768. The highest BCUT2D eigenvalue weighted by Crippen LogP contribution is 2.26. The molecule has 0 radical (unpaired) electrons. The number of hydrogen-bond acceptors (Lipinski definition) is 6. The van der Waals surface area contributed by atoms with E-state index in [1.807, 2.05) is 18.7 Å². The quantitative estimate of drug-likeness (QED) is 0.751. The number of aryl methyl sites for hydroxylation is 2. The lowest BCUT2D eigenvalue weighted by Crippen LogP contribution is -2.25. The fraction of sp³-hybridized carbons (Fsp3) is 0.412. The van der Waals surface area contributed by atoms with E-state index in [1.54, 1.807) is 18.6 Å². The van der Waals surface area contributed by atoms with Crippen molar-refractivity contribution in [2.24, 2.45) is 7.05 Å². The molecular weight excluding hydrogens is 302 g/mol. The Hall–Kier alpha value is -2.70. The van der Waals surface area contributed by atoms with Crippen LogP contribution >= 0.6 is 0 Å². The molecule has 7 nitrogen and oxygen atoms in total. The first-order valence-corrected chi connectivity index (χ1v) is 8.22. The maximum absolute atomic E-state index is 4.90. The first kappa shape index (κ1) is 16.2. The van der Waals surface area contributed by atoms with Crippen LogP contribution in [0.15, 0.2) is 24.7 Å². The first-order chi connectivity index (χ1) is 11.6. The van der Waals surface area contributed by atoms with Gasteiger partial charge in [-0.05, 0) is 26.8 Å². The molecule has 0 unspecified atom stereocenters. The summed E-state index contributed by atoms with van der Waals surface area (Å²) in [6.07, 6.45) is 5.07. The van der Waals surface area contributed by atoms with E-state index in [4.69, 9.17) is 4.98 Å². The van der Waals surface area contributed by atoms with Gasteiger partial charge in [0.25, 0.3) is 0 Å². The lowest BCUT2D eigenvalue weighted by Gasteiger charge is -2.23. The smallest absolute Gasteiger partial charge is 0.160 e. The fourth-order valence-corrected chi connectivity index (χ4v) is 2.88. The van der Waals surface area contributed by atoms with Gasteiger partial charge in [-0.1, -0.05) is 0 Å². The van der Waals surface area contributed by atoms with Crippen LogP contribution in [-0.2, 0) is 13.6 Å². The Morgan fingerprint density at radius 1 is 1.21 bits per heavy atom. The number of nitrogens with zero attached hydrogens (tertiary/aromatic N) is 6. The second kappa shape index (κ2) is 6.82. The zero-order valence-electron chi connectivity index (χ0n) is 14.6. The van der Waals surface area contributed by atoms with Gasteiger partial charge in [0.15, 0.2) is 5.65 Å². The summed E-state index contributed by atoms with van der Waals surface area (Å²) in [6, 6.07) is 2.18. The summed E-state index contributed by atoms with van der Waals surface area (Å²) in [5.74, 6) is 1.75. The van der Waals surface area contributed by atoms with Gasteiger partial charge in [0.2, 0.25) is 0 Å². The zero-order valence-corrected chi connectivity index (χ0v) is 14.6. The zero-order chi connectivity index (χ0) is 17.1. The second-order valence-electron chi connectivity index (χ2n) is 5.67. The average Bonchev–Trinajstić information content (AvgIpc) is 2.88. The molecule has 126 valence electrons. The molecule has 0 spiro atoms. The predicted molar refractivity (Wildman–Crippen MR) is 96.2 cm³/mol. The predicted octanol–water partition coefficient (Wildman–Crippen LogP) is 2.53. The van der Waals surface area contributed by atoms with E-state index in [9.17, 15) is 0 Å². The number of fused-ring (bicyclic) bond motifs is 1. The highest BCUT2D eigenvalue weighted by atomic mass is 15.3. The monoisotopic (exact) mass is 325 g/mol. The van der Waals surface area contributed by atoms with Crippen LogP contribution in [0.1, 0.15) is 25.1 Å². The molecule has 24 heavy (non-hydrogen) atoms. The van der Waals surface area contributed by atoms with E-state index in [2.05, 4.69) is 45.2 Å². The minimum Gasteiger partial charge on any atom is -0.365 e. The number of pyridine rings is 1. The molecule has 7 heteroatoms. The van der Waals surface area contributed by atoms with E-state index in [0.29, 0.717) is 6.54 Å². The SMILES string of the molecule is CCN(CC)c1nc2c(cc1CNc1cnccn1)c(C)nn2C. The van der Waals surface area contributed by atoms with E-state index in [1.165, 1.54) is 0 Å². The van der Waals surface area contributed by atoms with Gasteiger partial charge < -0.3 is 10.2 Å². The van der Waals surface area contributed by atoms with Gasteiger partial charge in [-0.3, -0.25) is 9.67 Å². The van der Waals surface area contributed by atoms with Crippen LogP contribution in [0.25, 0.3) is 11.0 Å². The Morgan fingerprint density at radius 2 is 2.00 bits per heavy atom. The van der Waals surface area contributed by atoms with Gasteiger partial charge >= 0.3 is 0 Å². The number of rotatable bonds is 6. The molecule has 3 aromatic rings. The normalized spacial score (nSPS) is 11.0. The fourth-order valence-electron chi connectivity index (χ4n) is 2.88. The number of aromatic nitrogens is 5. The summed E-state index contributed by atoms with van der Waals surface area (Å²) in [4.78, 5) is 15.5. The minimum absolute atomic E-state index is 0.641. The highest BCUT2D eigenvalue weighted by Gasteiger charge is 2.16. The molecule has 0 fully saturated rings. The van der Waals surface area contributed by atoms with E-state index < -0.39 is 0 Å². The van der Waals surface area contributed by atoms with E-state index in [-0.39, 0.29) is 0 Å². The molecule has 0 amide bonds. The molecule has 0 atom stereocenters. The third-order valence-corrected chi connectivity index (χ3v) is 4.14. The van der Waals surface area contributed by atoms with Crippen molar-refractivity contribution in [3.63, 3.8) is 0 Å². The molecule has 3 heterocycles. The Bertz CT molecular complexity index is 822. The molecular formula is C17H23N7. The number of anilines is 2. The van der Waals surface area contributed by atoms with Crippen LogP contribution < -0.4 is 10.2 Å². The van der Waals surface area contributed by atoms with Crippen molar-refractivity contribution in [1.29, 1.82) is 0 Å². The molecule has 0 aromatic carbocycles. The summed E-state index contributed by atoms with van der Waals surface area (Å²) < 4.78 is 1.84. The summed E-state index contributed by atoms with van der Waals surface area (Å²) in [5, 5.41) is 8.91. The van der Waals surface area contributed by atoms with Crippen molar-refractivity contribution in [3.8, 4) is 0 Å². The topological polar surface area (TPSA) is 71.8 Å². The third kappa shape index (κ3) is 3.02. The Labute approximate surface area is 141 Å². The molecule has 3 rings (SSSR count). The molecule has 3 aromatic heterocycles. The minimum atomic E-state index is 0.641. The van der Waals surface area contributed by atoms with Crippen molar-refractivity contribution in [2.45, 2.75) is 27.3 Å². The Kier molecular flexibility index (Phi) is 4.59. The largest absolute Gasteiger partial charge is 0.365 e. The summed E-state index contributed by atoms with van der Waals surface area (Å²) in [6.45, 7) is 8.75. The van der Waals surface area contributed by atoms with Crippen LogP contribution in [0.2, 0.25) is 0 Å². The van der Waals surface area contributed by atoms with E-state index >= 15 is 0 Å². The van der Waals surface area contributed by atoms with Gasteiger partial charge in [0, 0.05) is 50.0 Å². The van der Waals surface area contributed by atoms with Gasteiger partial charge in [-0.2, -0.15) is 5.10 Å². The van der Waals surface area contributed by atoms with Crippen LogP contribution in [0.4, 0.5) is 11.6 Å². The second-order valence-corrected chi connectivity index (χ2v) is 5.67. The maximum Gasteiger partial charge on any atom is 0.160 e. The van der Waals surface area contributed by atoms with Gasteiger partial charge in [0.1, 0.15) is 11.6 Å². The Balaban J connectivity index is 2.02. The first-order valence-electron chi connectivity index (χ1n) is 8.22. The molecule has 0 saturated carbocycles. The van der Waals surface area contributed by atoms with Crippen LogP contribution in [-0.4, -0.2) is 37.8 Å². The van der Waals surface area contributed by atoms with Crippen LogP contribution in [0, 0.1) is 6.92 Å². The van der Waals surface area contributed by atoms with Crippen molar-refractivity contribution < 1.29 is 0 Å². The van der Waals surface area contributed by atoms with Gasteiger partial charge in [-0.25, -0.2) is 9.97 Å². The van der Waals surface area contributed by atoms with E-state index in [0.717, 1.165) is 47.0 Å². The third-order valence-electron chi connectivity index (χ3n) is 4.14. The van der Waals surface area contributed by atoms with Gasteiger partial charge in [0.05, 0.1) is 11.9 Å². The molecule has 0 aliphatic heterocycles. The summed E-state index contributed by atoms with van der Waals surface area (Å²) in [5.41, 5.74) is 3.04. The molecule has 0 bridgehead atoms. The molecule has 0 saturated heterocycles. The summed E-state index contributed by atoms with van der Waals surface area (Å²) >= 11 is 0. The van der Waals surface area contributed by atoms with Crippen molar-refractivity contribution in [1.82, 2.24) is 24.7 Å². The molecule has 0 aliphatic carbocycles. The maximum atomic E-state index is 4.90. The van der Waals surface area contributed by atoms with Crippen LogP contribution in [0.5, 0.6) is 0 Å². The standard InChI is InChI=1S/C17H23N7/c1-5-24(6-2)16-13(10-20-15-11-18-7-8-19-15)9-14-12(3)22-23(4)17(14)21-16/h7-9,11H,5-6,10H2,1-4H3,(H,19,20). The Morgan fingerprint density at radius 3 is 2.67 bits per heavy atom. The molecule has 1 N–H and O–H groups in total. The highest BCUT2D eigenvalue weighted by molar-refractivity contribution is 5.81. The number of nitrogens with one attached hydrogen (secondary N) is 1. The van der Waals surface area contributed by atoms with Crippen molar-refractivity contribution in [3.05, 3.63) is 35.9 Å². The van der Waals surface area contributed by atoms with Gasteiger partial charge in [-0.15, -0.1) is 0 Å². The summed E-state index contributed by atoms with van der Waals surface area (Å²) in [7, 11) is 1.94. The number of hydrogen-bond donors (Lipinski definition) is 1. The van der Waals surface area contributed by atoms with Crippen LogP contribution in [0.3, 0.4) is 0 Å². The lowest BCUT2D eigenvalue weighted by atomic mass is 10.1. The average molecular weight is 325 g/mol. The molecule has 0 aliphatic rings. The van der Waals surface area contributed by atoms with Crippen molar-refractivity contribution in [2.75, 3.05) is 23.3 Å². The van der Waals surface area contributed by atoms with Crippen molar-refractivity contribution >= 4 is 22.7 Å².